The van der Waals surface area contributed by atoms with Gasteiger partial charge in [0.2, 0.25) is 0 Å². The molecule has 1 aromatic carbocycles. The highest BCUT2D eigenvalue weighted by molar-refractivity contribution is 7.09. The van der Waals surface area contributed by atoms with Gasteiger partial charge in [0, 0.05) is 5.38 Å². The molecule has 0 aliphatic heterocycles. The Morgan fingerprint density at radius 2 is 2.05 bits per heavy atom. The summed E-state index contributed by atoms with van der Waals surface area (Å²) in [5, 5.41) is 2.50. The molecule has 0 fully saturated rings. The van der Waals surface area contributed by atoms with E-state index in [1.807, 2.05) is 0 Å². The summed E-state index contributed by atoms with van der Waals surface area (Å²) in [6.45, 7) is 1.79. The second-order valence-electron chi connectivity index (χ2n) is 4.13. The predicted octanol–water partition coefficient (Wildman–Crippen LogP) is 3.16. The van der Waals surface area contributed by atoms with Crippen molar-refractivity contribution in [2.45, 2.75) is 19.1 Å². The van der Waals surface area contributed by atoms with Gasteiger partial charge in [0.15, 0.2) is 0 Å². The molecule has 1 heterocycles. The summed E-state index contributed by atoms with van der Waals surface area (Å²) in [5.74, 6) is 4.06. The highest BCUT2D eigenvalue weighted by atomic mass is 32.1. The SMILES string of the molecule is Cc1nc(C(NN)c2ccc(C(F)(F)F)c(F)c2)cs1. The molecule has 2 aromatic rings. The number of hydrogen-bond donors (Lipinski definition) is 2. The average molecular weight is 305 g/mol. The molecule has 1 atom stereocenters. The van der Waals surface area contributed by atoms with E-state index in [1.54, 1.807) is 12.3 Å². The van der Waals surface area contributed by atoms with Crippen LogP contribution in [-0.2, 0) is 6.18 Å². The number of hydrogen-bond acceptors (Lipinski definition) is 4. The van der Waals surface area contributed by atoms with E-state index < -0.39 is 23.6 Å². The first-order valence-electron chi connectivity index (χ1n) is 5.57. The minimum absolute atomic E-state index is 0.281. The summed E-state index contributed by atoms with van der Waals surface area (Å²) >= 11 is 1.37. The van der Waals surface area contributed by atoms with Crippen molar-refractivity contribution in [3.05, 3.63) is 51.2 Å². The van der Waals surface area contributed by atoms with Gasteiger partial charge in [0.05, 0.1) is 22.3 Å². The van der Waals surface area contributed by atoms with Gasteiger partial charge >= 0.3 is 6.18 Å². The van der Waals surface area contributed by atoms with E-state index >= 15 is 0 Å². The number of aryl methyl sites for hydroxylation is 1. The van der Waals surface area contributed by atoms with Gasteiger partial charge < -0.3 is 0 Å². The molecule has 0 aliphatic carbocycles. The molecule has 0 saturated heterocycles. The molecule has 8 heteroatoms. The van der Waals surface area contributed by atoms with E-state index in [0.717, 1.165) is 11.1 Å². The monoisotopic (exact) mass is 305 g/mol. The Kier molecular flexibility index (Phi) is 4.07. The van der Waals surface area contributed by atoms with Crippen molar-refractivity contribution in [2.75, 3.05) is 0 Å². The number of halogens is 4. The van der Waals surface area contributed by atoms with E-state index in [4.69, 9.17) is 5.84 Å². The zero-order valence-corrected chi connectivity index (χ0v) is 11.1. The van der Waals surface area contributed by atoms with Crippen molar-refractivity contribution < 1.29 is 17.6 Å². The third kappa shape index (κ3) is 2.97. The molecule has 0 amide bonds. The summed E-state index contributed by atoms with van der Waals surface area (Å²) in [4.78, 5) is 4.19. The third-order valence-electron chi connectivity index (χ3n) is 2.73. The van der Waals surface area contributed by atoms with Crippen molar-refractivity contribution in [1.82, 2.24) is 10.4 Å². The van der Waals surface area contributed by atoms with Crippen LogP contribution in [0.3, 0.4) is 0 Å². The Bertz CT molecular complexity index is 609. The van der Waals surface area contributed by atoms with Crippen LogP contribution >= 0.6 is 11.3 Å². The van der Waals surface area contributed by atoms with E-state index in [9.17, 15) is 17.6 Å². The van der Waals surface area contributed by atoms with Crippen molar-refractivity contribution in [2.24, 2.45) is 5.84 Å². The van der Waals surface area contributed by atoms with Gasteiger partial charge in [0.1, 0.15) is 5.82 Å². The Hall–Kier alpha value is -1.51. The fourth-order valence-corrected chi connectivity index (χ4v) is 2.44. The van der Waals surface area contributed by atoms with Crippen LogP contribution in [0, 0.1) is 12.7 Å². The summed E-state index contributed by atoms with van der Waals surface area (Å²) < 4.78 is 51.1. The van der Waals surface area contributed by atoms with Crippen LogP contribution in [0.25, 0.3) is 0 Å². The number of nitrogens with zero attached hydrogens (tertiary/aromatic N) is 1. The Morgan fingerprint density at radius 1 is 1.35 bits per heavy atom. The second-order valence-corrected chi connectivity index (χ2v) is 5.19. The lowest BCUT2D eigenvalue weighted by Crippen LogP contribution is -2.29. The molecule has 3 N–H and O–H groups in total. The first-order chi connectivity index (χ1) is 9.32. The van der Waals surface area contributed by atoms with E-state index in [2.05, 4.69) is 10.4 Å². The van der Waals surface area contributed by atoms with Crippen LogP contribution in [0.1, 0.15) is 27.9 Å². The molecule has 1 unspecified atom stereocenters. The van der Waals surface area contributed by atoms with Gasteiger partial charge in [-0.1, -0.05) is 6.07 Å². The number of thiazole rings is 1. The number of benzene rings is 1. The second kappa shape index (κ2) is 5.47. The lowest BCUT2D eigenvalue weighted by molar-refractivity contribution is -0.140. The number of hydrazine groups is 1. The van der Waals surface area contributed by atoms with Crippen LogP contribution in [0.4, 0.5) is 17.6 Å². The fraction of sp³-hybridized carbons (Fsp3) is 0.250. The normalized spacial score (nSPS) is 13.5. The van der Waals surface area contributed by atoms with E-state index in [1.165, 1.54) is 17.4 Å². The zero-order valence-electron chi connectivity index (χ0n) is 10.3. The van der Waals surface area contributed by atoms with E-state index in [0.29, 0.717) is 11.8 Å². The van der Waals surface area contributed by atoms with Gasteiger partial charge in [-0.3, -0.25) is 5.84 Å². The molecule has 20 heavy (non-hydrogen) atoms. The molecule has 0 aliphatic rings. The van der Waals surface area contributed by atoms with Crippen molar-refractivity contribution >= 4 is 11.3 Å². The maximum Gasteiger partial charge on any atom is 0.419 e. The highest BCUT2D eigenvalue weighted by Crippen LogP contribution is 2.33. The van der Waals surface area contributed by atoms with Crippen LogP contribution < -0.4 is 11.3 Å². The lowest BCUT2D eigenvalue weighted by Gasteiger charge is -2.16. The number of nitrogens with one attached hydrogen (secondary N) is 1. The van der Waals surface area contributed by atoms with Gasteiger partial charge in [-0.15, -0.1) is 11.3 Å². The quantitative estimate of drug-likeness (QED) is 0.520. The number of aromatic nitrogens is 1. The largest absolute Gasteiger partial charge is 0.419 e. The minimum Gasteiger partial charge on any atom is -0.271 e. The minimum atomic E-state index is -4.72. The maximum absolute atomic E-state index is 13.6. The Labute approximate surface area is 116 Å². The predicted molar refractivity (Wildman–Crippen MR) is 67.4 cm³/mol. The first-order valence-corrected chi connectivity index (χ1v) is 6.45. The number of rotatable bonds is 3. The molecule has 0 spiro atoms. The van der Waals surface area contributed by atoms with Crippen LogP contribution in [0.5, 0.6) is 0 Å². The van der Waals surface area contributed by atoms with Crippen LogP contribution in [-0.4, -0.2) is 4.98 Å². The summed E-state index contributed by atoms with van der Waals surface area (Å²) in [6.07, 6.45) is -4.72. The maximum atomic E-state index is 13.6. The van der Waals surface area contributed by atoms with Crippen LogP contribution in [0.2, 0.25) is 0 Å². The zero-order chi connectivity index (χ0) is 14.9. The average Bonchev–Trinajstić information content (AvgIpc) is 2.75. The summed E-state index contributed by atoms with van der Waals surface area (Å²) in [7, 11) is 0. The third-order valence-corrected chi connectivity index (χ3v) is 3.52. The lowest BCUT2D eigenvalue weighted by atomic mass is 10.0. The van der Waals surface area contributed by atoms with Crippen molar-refractivity contribution in [1.29, 1.82) is 0 Å². The molecule has 1 aromatic heterocycles. The van der Waals surface area contributed by atoms with Gasteiger partial charge in [-0.25, -0.2) is 14.8 Å². The van der Waals surface area contributed by atoms with E-state index in [-0.39, 0.29) is 5.56 Å². The number of alkyl halides is 3. The first kappa shape index (κ1) is 14.9. The van der Waals surface area contributed by atoms with Gasteiger partial charge in [0.25, 0.3) is 0 Å². The standard InChI is InChI=1S/C12H11F4N3S/c1-6-18-10(5-20-6)11(19-17)7-2-3-8(9(13)4-7)12(14,15)16/h2-5,11,19H,17H2,1H3. The van der Waals surface area contributed by atoms with Crippen molar-refractivity contribution in [3.63, 3.8) is 0 Å². The smallest absolute Gasteiger partial charge is 0.271 e. The molecular formula is C12H11F4N3S. The molecular weight excluding hydrogens is 294 g/mol. The molecule has 0 radical (unpaired) electrons. The molecule has 2 rings (SSSR count). The summed E-state index contributed by atoms with van der Waals surface area (Å²) in [6, 6.07) is 2.05. The summed E-state index contributed by atoms with van der Waals surface area (Å²) in [5.41, 5.74) is 1.95. The van der Waals surface area contributed by atoms with Crippen LogP contribution in [0.15, 0.2) is 23.6 Å². The topological polar surface area (TPSA) is 50.9 Å². The highest BCUT2D eigenvalue weighted by Gasteiger charge is 2.34. The Morgan fingerprint density at radius 3 is 2.50 bits per heavy atom. The fourth-order valence-electron chi connectivity index (χ4n) is 1.81. The molecule has 0 saturated carbocycles. The van der Waals surface area contributed by atoms with Crippen molar-refractivity contribution in [3.8, 4) is 0 Å². The molecule has 108 valence electrons. The molecule has 3 nitrogen and oxygen atoms in total. The van der Waals surface area contributed by atoms with Gasteiger partial charge in [-0.2, -0.15) is 13.2 Å². The number of nitrogens with two attached hydrogens (primary N) is 1. The molecule has 0 bridgehead atoms. The Balaban J connectivity index is 2.39. The van der Waals surface area contributed by atoms with Gasteiger partial charge in [-0.05, 0) is 24.6 Å².